The predicted molar refractivity (Wildman–Crippen MR) is 102 cm³/mol. The Morgan fingerprint density at radius 2 is 1.72 bits per heavy atom. The van der Waals surface area contributed by atoms with E-state index in [2.05, 4.69) is 19.2 Å². The van der Waals surface area contributed by atoms with E-state index >= 15 is 0 Å². The van der Waals surface area contributed by atoms with Gasteiger partial charge >= 0.3 is 0 Å². The summed E-state index contributed by atoms with van der Waals surface area (Å²) in [6, 6.07) is 14.6. The highest BCUT2D eigenvalue weighted by Crippen LogP contribution is 2.20. The van der Waals surface area contributed by atoms with Crippen LogP contribution in [0, 0.1) is 5.92 Å². The molecule has 0 fully saturated rings. The Kier molecular flexibility index (Phi) is 6.87. The second-order valence-corrected chi connectivity index (χ2v) is 6.70. The highest BCUT2D eigenvalue weighted by Gasteiger charge is 2.08. The monoisotopic (exact) mass is 341 g/mol. The molecule has 4 nitrogen and oxygen atoms in total. The van der Waals surface area contributed by atoms with E-state index < -0.39 is 0 Å². The number of hydrogen-bond acceptors (Lipinski definition) is 3. The lowest BCUT2D eigenvalue weighted by Crippen LogP contribution is -2.12. The highest BCUT2D eigenvalue weighted by atomic mass is 16.5. The fraction of sp³-hybridized carbons (Fsp3) is 0.381. The van der Waals surface area contributed by atoms with Crippen LogP contribution in [0.5, 0.6) is 11.5 Å². The highest BCUT2D eigenvalue weighted by molar-refractivity contribution is 6.04. The lowest BCUT2D eigenvalue weighted by atomic mass is 10.1. The summed E-state index contributed by atoms with van der Waals surface area (Å²) in [6.45, 7) is 8.95. The third-order valence-electron chi connectivity index (χ3n) is 3.54. The molecule has 4 heteroatoms. The molecule has 0 aliphatic rings. The van der Waals surface area contributed by atoms with Crippen LogP contribution < -0.4 is 14.8 Å². The molecule has 2 rings (SSSR count). The van der Waals surface area contributed by atoms with Crippen molar-refractivity contribution in [3.8, 4) is 11.5 Å². The first-order valence-corrected chi connectivity index (χ1v) is 8.75. The van der Waals surface area contributed by atoms with Crippen LogP contribution in [0.25, 0.3) is 0 Å². The van der Waals surface area contributed by atoms with Gasteiger partial charge in [0.25, 0.3) is 5.91 Å². The molecule has 0 aromatic heterocycles. The van der Waals surface area contributed by atoms with E-state index in [0.29, 0.717) is 23.8 Å². The van der Waals surface area contributed by atoms with Crippen molar-refractivity contribution in [2.45, 2.75) is 40.2 Å². The van der Waals surface area contributed by atoms with Crippen molar-refractivity contribution in [2.24, 2.45) is 5.92 Å². The molecule has 0 spiro atoms. The second-order valence-electron chi connectivity index (χ2n) is 6.70. The minimum atomic E-state index is -0.157. The fourth-order valence-corrected chi connectivity index (χ4v) is 2.24. The van der Waals surface area contributed by atoms with E-state index in [9.17, 15) is 4.79 Å². The lowest BCUT2D eigenvalue weighted by Gasteiger charge is -2.12. The maximum absolute atomic E-state index is 12.4. The van der Waals surface area contributed by atoms with Crippen LogP contribution >= 0.6 is 0 Å². The van der Waals surface area contributed by atoms with Gasteiger partial charge in [0.2, 0.25) is 0 Å². The Morgan fingerprint density at radius 1 is 1.00 bits per heavy atom. The van der Waals surface area contributed by atoms with Gasteiger partial charge in [-0.05, 0) is 62.6 Å². The van der Waals surface area contributed by atoms with Crippen molar-refractivity contribution in [1.29, 1.82) is 0 Å². The van der Waals surface area contributed by atoms with Crippen LogP contribution in [0.3, 0.4) is 0 Å². The fourth-order valence-electron chi connectivity index (χ4n) is 2.24. The maximum atomic E-state index is 12.4. The Morgan fingerprint density at radius 3 is 2.36 bits per heavy atom. The van der Waals surface area contributed by atoms with Crippen molar-refractivity contribution in [2.75, 3.05) is 11.9 Å². The topological polar surface area (TPSA) is 47.6 Å². The Bertz CT molecular complexity index is 678. The summed E-state index contributed by atoms with van der Waals surface area (Å²) in [6.07, 6.45) is 1.10. The van der Waals surface area contributed by atoms with Crippen molar-refractivity contribution in [3.63, 3.8) is 0 Å². The quantitative estimate of drug-likeness (QED) is 0.722. The molecule has 0 bridgehead atoms. The maximum Gasteiger partial charge on any atom is 0.255 e. The summed E-state index contributed by atoms with van der Waals surface area (Å²) in [5.74, 6) is 1.97. The van der Waals surface area contributed by atoms with E-state index in [1.807, 2.05) is 50.2 Å². The van der Waals surface area contributed by atoms with Crippen molar-refractivity contribution < 1.29 is 14.3 Å². The Balaban J connectivity index is 1.94. The molecule has 0 aliphatic carbocycles. The van der Waals surface area contributed by atoms with Crippen LogP contribution in [0.4, 0.5) is 5.69 Å². The number of benzene rings is 2. The van der Waals surface area contributed by atoms with Crippen LogP contribution in [0.2, 0.25) is 0 Å². The first kappa shape index (κ1) is 18.8. The third-order valence-corrected chi connectivity index (χ3v) is 3.54. The van der Waals surface area contributed by atoms with Gasteiger partial charge in [0.05, 0.1) is 12.7 Å². The Labute approximate surface area is 150 Å². The molecule has 1 N–H and O–H groups in total. The molecule has 0 radical (unpaired) electrons. The molecule has 25 heavy (non-hydrogen) atoms. The van der Waals surface area contributed by atoms with Crippen molar-refractivity contribution >= 4 is 11.6 Å². The van der Waals surface area contributed by atoms with Crippen LogP contribution in [-0.4, -0.2) is 18.6 Å². The lowest BCUT2D eigenvalue weighted by molar-refractivity contribution is 0.102. The minimum Gasteiger partial charge on any atom is -0.494 e. The first-order valence-electron chi connectivity index (χ1n) is 8.75. The van der Waals surface area contributed by atoms with Gasteiger partial charge in [-0.2, -0.15) is 0 Å². The normalized spacial score (nSPS) is 10.8. The number of hydrogen-bond donors (Lipinski definition) is 1. The number of rotatable bonds is 8. The zero-order chi connectivity index (χ0) is 18.2. The van der Waals surface area contributed by atoms with Crippen LogP contribution in [0.1, 0.15) is 44.5 Å². The predicted octanol–water partition coefficient (Wildman–Crippen LogP) is 5.15. The van der Waals surface area contributed by atoms with Gasteiger partial charge in [-0.3, -0.25) is 4.79 Å². The molecule has 0 saturated carbocycles. The number of ether oxygens (including phenoxy) is 2. The molecule has 0 saturated heterocycles. The molecule has 0 atom stereocenters. The van der Waals surface area contributed by atoms with Crippen molar-refractivity contribution in [1.82, 2.24) is 0 Å². The van der Waals surface area contributed by atoms with E-state index in [-0.39, 0.29) is 12.0 Å². The van der Waals surface area contributed by atoms with E-state index in [1.54, 1.807) is 12.1 Å². The van der Waals surface area contributed by atoms with Gasteiger partial charge in [-0.15, -0.1) is 0 Å². The molecule has 2 aromatic rings. The summed E-state index contributed by atoms with van der Waals surface area (Å²) in [4.78, 5) is 12.4. The average Bonchev–Trinajstić information content (AvgIpc) is 2.55. The molecule has 0 unspecified atom stereocenters. The zero-order valence-electron chi connectivity index (χ0n) is 15.4. The van der Waals surface area contributed by atoms with Crippen LogP contribution in [0.15, 0.2) is 48.5 Å². The number of carbonyl (C=O) groups excluding carboxylic acids is 1. The average molecular weight is 341 g/mol. The van der Waals surface area contributed by atoms with Gasteiger partial charge in [-0.25, -0.2) is 0 Å². The van der Waals surface area contributed by atoms with Gasteiger partial charge in [0, 0.05) is 17.3 Å². The van der Waals surface area contributed by atoms with Crippen LogP contribution in [-0.2, 0) is 0 Å². The summed E-state index contributed by atoms with van der Waals surface area (Å²) in [5.41, 5.74) is 1.30. The molecule has 134 valence electrons. The smallest absolute Gasteiger partial charge is 0.255 e. The molecular weight excluding hydrogens is 314 g/mol. The largest absolute Gasteiger partial charge is 0.494 e. The Hall–Kier alpha value is -2.49. The van der Waals surface area contributed by atoms with Gasteiger partial charge in [0.1, 0.15) is 11.5 Å². The SMILES string of the molecule is CC(C)CCOc1ccc(C(=O)Nc2cccc(OC(C)C)c2)cc1. The van der Waals surface area contributed by atoms with E-state index in [1.165, 1.54) is 0 Å². The third kappa shape index (κ3) is 6.49. The van der Waals surface area contributed by atoms with Gasteiger partial charge in [-0.1, -0.05) is 19.9 Å². The minimum absolute atomic E-state index is 0.0918. The van der Waals surface area contributed by atoms with Crippen molar-refractivity contribution in [3.05, 3.63) is 54.1 Å². The molecule has 1 amide bonds. The van der Waals surface area contributed by atoms with E-state index in [4.69, 9.17) is 9.47 Å². The molecule has 0 heterocycles. The summed E-state index contributed by atoms with van der Waals surface area (Å²) < 4.78 is 11.3. The second kappa shape index (κ2) is 9.11. The number of amides is 1. The zero-order valence-corrected chi connectivity index (χ0v) is 15.4. The summed E-state index contributed by atoms with van der Waals surface area (Å²) in [5, 5.41) is 2.89. The number of nitrogens with one attached hydrogen (secondary N) is 1. The molecule has 2 aromatic carbocycles. The van der Waals surface area contributed by atoms with Gasteiger partial charge < -0.3 is 14.8 Å². The number of carbonyl (C=O) groups is 1. The van der Waals surface area contributed by atoms with Gasteiger partial charge in [0.15, 0.2) is 0 Å². The number of anilines is 1. The molecular formula is C21H27NO3. The standard InChI is InChI=1S/C21H27NO3/c1-15(2)12-13-24-19-10-8-17(9-11-19)21(23)22-18-6-5-7-20(14-18)25-16(3)4/h5-11,14-16H,12-13H2,1-4H3,(H,22,23). The summed E-state index contributed by atoms with van der Waals surface area (Å²) >= 11 is 0. The molecule has 0 aliphatic heterocycles. The summed E-state index contributed by atoms with van der Waals surface area (Å²) in [7, 11) is 0. The first-order chi connectivity index (χ1) is 11.9. The van der Waals surface area contributed by atoms with E-state index in [0.717, 1.165) is 17.9 Å².